The Morgan fingerprint density at radius 2 is 1.89 bits per heavy atom. The summed E-state index contributed by atoms with van der Waals surface area (Å²) < 4.78 is 11.9. The van der Waals surface area contributed by atoms with Gasteiger partial charge in [-0.25, -0.2) is 0 Å². The van der Waals surface area contributed by atoms with Crippen molar-refractivity contribution in [3.05, 3.63) is 27.7 Å². The van der Waals surface area contributed by atoms with Crippen molar-refractivity contribution in [2.75, 3.05) is 0 Å². The van der Waals surface area contributed by atoms with Crippen LogP contribution in [-0.2, 0) is 20.7 Å². The Bertz CT molecular complexity index is 789. The van der Waals surface area contributed by atoms with E-state index in [-0.39, 0.29) is 23.5 Å². The van der Waals surface area contributed by atoms with Gasteiger partial charge in [0.2, 0.25) is 0 Å². The van der Waals surface area contributed by atoms with E-state index in [0.717, 1.165) is 43.0 Å². The van der Waals surface area contributed by atoms with E-state index >= 15 is 0 Å². The summed E-state index contributed by atoms with van der Waals surface area (Å²) in [7, 11) is 0. The number of halogens is 1. The van der Waals surface area contributed by atoms with E-state index < -0.39 is 0 Å². The van der Waals surface area contributed by atoms with Crippen molar-refractivity contribution in [3.63, 3.8) is 0 Å². The fraction of sp³-hybridized carbons (Fsp3) is 0.636. The number of hydrogen-bond acceptors (Lipinski definition) is 4. The maximum Gasteiger partial charge on any atom is 0.308 e. The first-order chi connectivity index (χ1) is 12.8. The summed E-state index contributed by atoms with van der Waals surface area (Å²) in [6, 6.07) is 4.22. The van der Waals surface area contributed by atoms with E-state index in [1.54, 1.807) is 0 Å². The molecule has 0 aromatic heterocycles. The molecule has 3 aliphatic rings. The molecule has 1 aromatic carbocycles. The van der Waals surface area contributed by atoms with Crippen LogP contribution in [0.3, 0.4) is 0 Å². The van der Waals surface area contributed by atoms with E-state index in [1.165, 1.54) is 25.0 Å². The molecule has 4 nitrogen and oxygen atoms in total. The zero-order valence-electron chi connectivity index (χ0n) is 16.2. The Labute approximate surface area is 169 Å². The fourth-order valence-corrected chi connectivity index (χ4v) is 6.59. The van der Waals surface area contributed by atoms with Crippen LogP contribution in [0.25, 0.3) is 0 Å². The van der Waals surface area contributed by atoms with Crippen LogP contribution in [0.4, 0.5) is 0 Å². The van der Waals surface area contributed by atoms with Crippen molar-refractivity contribution in [2.45, 2.75) is 71.3 Å². The minimum absolute atomic E-state index is 0.0698. The minimum atomic E-state index is -0.291. The number of carbonyl (C=O) groups is 2. The molecule has 0 radical (unpaired) electrons. The molecule has 27 heavy (non-hydrogen) atoms. The second-order valence-electron chi connectivity index (χ2n) is 8.71. The normalized spacial score (nSPS) is 34.2. The summed E-state index contributed by atoms with van der Waals surface area (Å²) >= 11 is 3.59. The van der Waals surface area contributed by atoms with Gasteiger partial charge >= 0.3 is 11.9 Å². The third-order valence-corrected chi connectivity index (χ3v) is 7.87. The van der Waals surface area contributed by atoms with E-state index in [4.69, 9.17) is 9.47 Å². The minimum Gasteiger partial charge on any atom is -0.462 e. The highest BCUT2D eigenvalue weighted by molar-refractivity contribution is 9.10. The van der Waals surface area contributed by atoms with Gasteiger partial charge in [0.25, 0.3) is 0 Å². The van der Waals surface area contributed by atoms with E-state index in [0.29, 0.717) is 23.5 Å². The van der Waals surface area contributed by atoms with Crippen LogP contribution in [-0.4, -0.2) is 18.0 Å². The molecule has 4 rings (SSSR count). The quantitative estimate of drug-likeness (QED) is 0.476. The number of carbonyl (C=O) groups excluding carboxylic acids is 2. The molecular weight excluding hydrogens is 408 g/mol. The van der Waals surface area contributed by atoms with E-state index in [9.17, 15) is 9.59 Å². The molecule has 0 heterocycles. The standard InChI is InChI=1S/C22H27BrO4/c1-12(24)26-20-10-14-4-5-16-15(17(14)11-19(20)23)8-9-22(3)18(16)6-7-21(22)27-13(2)25/h10-11,15-16,18,21H,4-9H2,1-3H3/t15-,16-,18+,21-,22+/m1/s1. The molecule has 2 fully saturated rings. The van der Waals surface area contributed by atoms with Gasteiger partial charge in [0.05, 0.1) is 4.47 Å². The monoisotopic (exact) mass is 434 g/mol. The van der Waals surface area contributed by atoms with Crippen molar-refractivity contribution in [1.29, 1.82) is 0 Å². The molecule has 2 saturated carbocycles. The fourth-order valence-electron chi connectivity index (χ4n) is 6.15. The third kappa shape index (κ3) is 3.22. The number of esters is 2. The smallest absolute Gasteiger partial charge is 0.308 e. The van der Waals surface area contributed by atoms with Gasteiger partial charge < -0.3 is 9.47 Å². The molecule has 0 saturated heterocycles. The average molecular weight is 435 g/mol. The zero-order valence-corrected chi connectivity index (χ0v) is 17.8. The molecule has 5 atom stereocenters. The Morgan fingerprint density at radius 3 is 2.59 bits per heavy atom. The lowest BCUT2D eigenvalue weighted by atomic mass is 9.55. The van der Waals surface area contributed by atoms with Crippen LogP contribution in [0.5, 0.6) is 5.75 Å². The van der Waals surface area contributed by atoms with Crippen molar-refractivity contribution >= 4 is 27.9 Å². The maximum atomic E-state index is 11.5. The first-order valence-corrected chi connectivity index (χ1v) is 10.8. The molecular formula is C22H27BrO4. The Hall–Kier alpha value is -1.36. The average Bonchev–Trinajstić information content (AvgIpc) is 2.91. The van der Waals surface area contributed by atoms with Gasteiger partial charge in [-0.05, 0) is 95.5 Å². The number of aryl methyl sites for hydroxylation is 1. The van der Waals surface area contributed by atoms with Crippen LogP contribution < -0.4 is 4.74 Å². The molecule has 0 bridgehead atoms. The molecule has 146 valence electrons. The summed E-state index contributed by atoms with van der Waals surface area (Å²) in [5, 5.41) is 0. The van der Waals surface area contributed by atoms with E-state index in [2.05, 4.69) is 28.9 Å². The van der Waals surface area contributed by atoms with Gasteiger partial charge in [-0.1, -0.05) is 6.92 Å². The largest absolute Gasteiger partial charge is 0.462 e. The predicted molar refractivity (Wildman–Crippen MR) is 106 cm³/mol. The zero-order chi connectivity index (χ0) is 19.3. The second kappa shape index (κ2) is 6.91. The summed E-state index contributed by atoms with van der Waals surface area (Å²) in [5.74, 6) is 1.98. The SMILES string of the molecule is CC(=O)Oc1cc2c(cc1Br)[C@@H]1CC[C@]3(C)[C@H](OC(C)=O)CC[C@H]3[C@@H]1CC2. The highest BCUT2D eigenvalue weighted by Crippen LogP contribution is 2.61. The lowest BCUT2D eigenvalue weighted by molar-refractivity contribution is -0.154. The van der Waals surface area contributed by atoms with Gasteiger partial charge in [-0.3, -0.25) is 9.59 Å². The summed E-state index contributed by atoms with van der Waals surface area (Å²) in [5.41, 5.74) is 2.83. The van der Waals surface area contributed by atoms with Gasteiger partial charge in [0, 0.05) is 19.3 Å². The summed E-state index contributed by atoms with van der Waals surface area (Å²) in [4.78, 5) is 22.9. The number of benzene rings is 1. The summed E-state index contributed by atoms with van der Waals surface area (Å²) in [6.45, 7) is 5.30. The van der Waals surface area contributed by atoms with Gasteiger partial charge in [0.15, 0.2) is 0 Å². The van der Waals surface area contributed by atoms with Crippen LogP contribution in [0.15, 0.2) is 16.6 Å². The lowest BCUT2D eigenvalue weighted by Gasteiger charge is -2.50. The van der Waals surface area contributed by atoms with Gasteiger partial charge in [0.1, 0.15) is 11.9 Å². The van der Waals surface area contributed by atoms with Crippen LogP contribution in [0, 0.1) is 17.3 Å². The number of fused-ring (bicyclic) bond motifs is 5. The maximum absolute atomic E-state index is 11.5. The number of hydrogen-bond donors (Lipinski definition) is 0. The number of ether oxygens (including phenoxy) is 2. The highest BCUT2D eigenvalue weighted by atomic mass is 79.9. The topological polar surface area (TPSA) is 52.6 Å². The molecule has 1 aromatic rings. The predicted octanol–water partition coefficient (Wildman–Crippen LogP) is 5.16. The molecule has 0 spiro atoms. The molecule has 5 heteroatoms. The van der Waals surface area contributed by atoms with Gasteiger partial charge in [-0.15, -0.1) is 0 Å². The highest BCUT2D eigenvalue weighted by Gasteiger charge is 2.56. The first-order valence-electron chi connectivity index (χ1n) is 9.97. The van der Waals surface area contributed by atoms with Crippen LogP contribution >= 0.6 is 15.9 Å². The Balaban J connectivity index is 1.62. The van der Waals surface area contributed by atoms with Crippen molar-refractivity contribution in [3.8, 4) is 5.75 Å². The van der Waals surface area contributed by atoms with Crippen LogP contribution in [0.2, 0.25) is 0 Å². The second-order valence-corrected chi connectivity index (χ2v) is 9.56. The van der Waals surface area contributed by atoms with Crippen molar-refractivity contribution < 1.29 is 19.1 Å². The van der Waals surface area contributed by atoms with E-state index in [1.807, 2.05) is 6.07 Å². The molecule has 3 aliphatic carbocycles. The molecule has 0 amide bonds. The summed E-state index contributed by atoms with van der Waals surface area (Å²) in [6.07, 6.45) is 6.61. The number of rotatable bonds is 2. The Kier molecular flexibility index (Phi) is 4.86. The van der Waals surface area contributed by atoms with Crippen molar-refractivity contribution in [1.82, 2.24) is 0 Å². The molecule has 0 aliphatic heterocycles. The lowest BCUT2D eigenvalue weighted by Crippen LogP contribution is -2.45. The van der Waals surface area contributed by atoms with Crippen molar-refractivity contribution in [2.24, 2.45) is 17.3 Å². The van der Waals surface area contributed by atoms with Crippen LogP contribution in [0.1, 0.15) is 69.9 Å². The van der Waals surface area contributed by atoms with Gasteiger partial charge in [-0.2, -0.15) is 0 Å². The Morgan fingerprint density at radius 1 is 1.11 bits per heavy atom. The molecule has 0 N–H and O–H groups in total. The first kappa shape index (κ1) is 19.0. The third-order valence-electron chi connectivity index (χ3n) is 7.25. The molecule has 0 unspecified atom stereocenters.